The van der Waals surface area contributed by atoms with Gasteiger partial charge in [-0.15, -0.1) is 0 Å². The molecule has 0 spiro atoms. The number of rotatable bonds is 2. The van der Waals surface area contributed by atoms with Gasteiger partial charge in [-0.1, -0.05) is 69.6 Å². The molecule has 8 heteroatoms. The van der Waals surface area contributed by atoms with Crippen LogP contribution >= 0.6 is 69.6 Å². The Hall–Kier alpha value is -0.870. The zero-order valence-electron chi connectivity index (χ0n) is 12.3. The lowest BCUT2D eigenvalue weighted by molar-refractivity contribution is 1.33. The summed E-state index contributed by atoms with van der Waals surface area (Å²) in [7, 11) is 0. The highest BCUT2D eigenvalue weighted by molar-refractivity contribution is 6.47. The zero-order valence-corrected chi connectivity index (χ0v) is 16.8. The van der Waals surface area contributed by atoms with Crippen LogP contribution in [0.25, 0.3) is 22.3 Å². The van der Waals surface area contributed by atoms with Crippen molar-refractivity contribution in [3.63, 3.8) is 0 Å². The van der Waals surface area contributed by atoms with Gasteiger partial charge in [-0.05, 0) is 30.3 Å². The first kappa shape index (κ1) is 18.9. The number of anilines is 1. The van der Waals surface area contributed by atoms with Crippen LogP contribution in [0.2, 0.25) is 30.1 Å². The van der Waals surface area contributed by atoms with Crippen LogP contribution in [0.3, 0.4) is 0 Å². The fraction of sp³-hybridized carbons (Fsp3) is 0. The molecule has 0 bridgehead atoms. The van der Waals surface area contributed by atoms with E-state index in [0.29, 0.717) is 47.4 Å². The van der Waals surface area contributed by atoms with Gasteiger partial charge in [0.15, 0.2) is 0 Å². The quantitative estimate of drug-likeness (QED) is 0.401. The second-order valence-corrected chi connectivity index (χ2v) is 7.48. The van der Waals surface area contributed by atoms with Crippen LogP contribution in [-0.2, 0) is 0 Å². The molecule has 0 aliphatic heterocycles. The third-order valence-corrected chi connectivity index (χ3v) is 5.80. The van der Waals surface area contributed by atoms with Gasteiger partial charge < -0.3 is 5.73 Å². The molecule has 0 radical (unpaired) electrons. The Balaban J connectivity index is 2.29. The maximum Gasteiger partial charge on any atom is 0.131 e. The standard InChI is InChI=1S/C17H8Cl6N2/c18-9-1-3-11(20)15(22)13(9)7-5-8(17(24)25-6-7)14-10(19)2-4-12(21)16(14)23/h1-6H,(H2,24,25). The van der Waals surface area contributed by atoms with Gasteiger partial charge in [-0.2, -0.15) is 0 Å². The highest BCUT2D eigenvalue weighted by Gasteiger charge is 2.18. The van der Waals surface area contributed by atoms with Crippen molar-refractivity contribution in [3.05, 3.63) is 66.7 Å². The van der Waals surface area contributed by atoms with E-state index in [4.69, 9.17) is 75.3 Å². The van der Waals surface area contributed by atoms with Crippen molar-refractivity contribution >= 4 is 75.4 Å². The molecule has 128 valence electrons. The van der Waals surface area contributed by atoms with Crippen molar-refractivity contribution in [2.75, 3.05) is 5.73 Å². The predicted octanol–water partition coefficient (Wildman–Crippen LogP) is 7.92. The number of aromatic nitrogens is 1. The summed E-state index contributed by atoms with van der Waals surface area (Å²) in [6, 6.07) is 8.26. The lowest BCUT2D eigenvalue weighted by Gasteiger charge is -2.14. The first-order valence-electron chi connectivity index (χ1n) is 6.84. The molecular formula is C17H8Cl6N2. The second-order valence-electron chi connectivity index (χ2n) is 5.09. The Labute approximate surface area is 174 Å². The molecule has 1 aromatic heterocycles. The number of nitrogens with two attached hydrogens (primary N) is 1. The summed E-state index contributed by atoms with van der Waals surface area (Å²) in [4.78, 5) is 4.21. The molecule has 0 aliphatic rings. The summed E-state index contributed by atoms with van der Waals surface area (Å²) in [6.07, 6.45) is 1.55. The van der Waals surface area contributed by atoms with Crippen LogP contribution in [0, 0.1) is 0 Å². The molecule has 2 aromatic carbocycles. The maximum absolute atomic E-state index is 6.32. The molecule has 3 rings (SSSR count). The molecule has 0 amide bonds. The maximum atomic E-state index is 6.32. The molecule has 0 saturated heterocycles. The molecule has 2 nitrogen and oxygen atoms in total. The minimum atomic E-state index is 0.240. The minimum Gasteiger partial charge on any atom is -0.383 e. The SMILES string of the molecule is Nc1ncc(-c2c(Cl)ccc(Cl)c2Cl)cc1-c1c(Cl)ccc(Cl)c1Cl. The summed E-state index contributed by atoms with van der Waals surface area (Å²) in [5.41, 5.74) is 8.19. The Bertz CT molecular complexity index is 987. The van der Waals surface area contributed by atoms with Crippen molar-refractivity contribution in [2.45, 2.75) is 0 Å². The van der Waals surface area contributed by atoms with E-state index in [1.807, 2.05) is 0 Å². The van der Waals surface area contributed by atoms with Gasteiger partial charge in [0.05, 0.1) is 30.1 Å². The van der Waals surface area contributed by atoms with E-state index in [1.165, 1.54) is 0 Å². The largest absolute Gasteiger partial charge is 0.383 e. The molecule has 25 heavy (non-hydrogen) atoms. The summed E-state index contributed by atoms with van der Waals surface area (Å²) in [5, 5.41) is 2.14. The summed E-state index contributed by atoms with van der Waals surface area (Å²) in [6.45, 7) is 0. The molecule has 2 N–H and O–H groups in total. The highest BCUT2D eigenvalue weighted by Crippen LogP contribution is 2.44. The average molecular weight is 453 g/mol. The van der Waals surface area contributed by atoms with E-state index < -0.39 is 0 Å². The normalized spacial score (nSPS) is 11.0. The lowest BCUT2D eigenvalue weighted by atomic mass is 10.0. The number of hydrogen-bond acceptors (Lipinski definition) is 2. The van der Waals surface area contributed by atoms with Gasteiger partial charge in [0.1, 0.15) is 5.82 Å². The third kappa shape index (κ3) is 3.52. The Morgan fingerprint density at radius 3 is 1.76 bits per heavy atom. The van der Waals surface area contributed by atoms with Crippen LogP contribution in [-0.4, -0.2) is 4.98 Å². The van der Waals surface area contributed by atoms with Gasteiger partial charge in [0.25, 0.3) is 0 Å². The second kappa shape index (κ2) is 7.40. The molecule has 0 unspecified atom stereocenters. The average Bonchev–Trinajstić information content (AvgIpc) is 2.57. The molecule has 0 atom stereocenters. The van der Waals surface area contributed by atoms with Crippen LogP contribution in [0.5, 0.6) is 0 Å². The number of pyridine rings is 1. The van der Waals surface area contributed by atoms with Crippen molar-refractivity contribution in [1.29, 1.82) is 0 Å². The summed E-state index contributed by atoms with van der Waals surface area (Å²) in [5.74, 6) is 0.240. The van der Waals surface area contributed by atoms with E-state index in [0.717, 1.165) is 0 Å². The molecule has 0 fully saturated rings. The Morgan fingerprint density at radius 2 is 1.16 bits per heavy atom. The molecule has 0 aliphatic carbocycles. The number of nitrogen functional groups attached to an aromatic ring is 1. The Kier molecular flexibility index (Phi) is 5.60. The Morgan fingerprint density at radius 1 is 0.680 bits per heavy atom. The number of halogens is 6. The van der Waals surface area contributed by atoms with E-state index in [-0.39, 0.29) is 10.8 Å². The first-order chi connectivity index (χ1) is 11.8. The van der Waals surface area contributed by atoms with E-state index >= 15 is 0 Å². The highest BCUT2D eigenvalue weighted by atomic mass is 35.5. The van der Waals surface area contributed by atoms with Crippen LogP contribution in [0.1, 0.15) is 0 Å². The fourth-order valence-electron chi connectivity index (χ4n) is 2.38. The molecule has 0 saturated carbocycles. The van der Waals surface area contributed by atoms with Crippen LogP contribution in [0.4, 0.5) is 5.82 Å². The molecule has 3 aromatic rings. The smallest absolute Gasteiger partial charge is 0.131 e. The van der Waals surface area contributed by atoms with Gasteiger partial charge in [-0.25, -0.2) is 4.98 Å². The van der Waals surface area contributed by atoms with Crippen molar-refractivity contribution < 1.29 is 0 Å². The summed E-state index contributed by atoms with van der Waals surface area (Å²) >= 11 is 37.4. The first-order valence-corrected chi connectivity index (χ1v) is 9.11. The third-order valence-electron chi connectivity index (χ3n) is 3.56. The monoisotopic (exact) mass is 450 g/mol. The van der Waals surface area contributed by atoms with E-state index in [2.05, 4.69) is 4.98 Å². The van der Waals surface area contributed by atoms with Gasteiger partial charge >= 0.3 is 0 Å². The fourth-order valence-corrected chi connectivity index (χ4v) is 3.86. The van der Waals surface area contributed by atoms with Crippen molar-refractivity contribution in [2.24, 2.45) is 0 Å². The van der Waals surface area contributed by atoms with Crippen LogP contribution in [0.15, 0.2) is 36.5 Å². The van der Waals surface area contributed by atoms with Gasteiger partial charge in [0.2, 0.25) is 0 Å². The van der Waals surface area contributed by atoms with Crippen molar-refractivity contribution in [1.82, 2.24) is 4.98 Å². The topological polar surface area (TPSA) is 38.9 Å². The number of hydrogen-bond donors (Lipinski definition) is 1. The predicted molar refractivity (Wildman–Crippen MR) is 110 cm³/mol. The number of benzene rings is 2. The molecular weight excluding hydrogens is 445 g/mol. The van der Waals surface area contributed by atoms with E-state index in [9.17, 15) is 0 Å². The molecule has 1 heterocycles. The van der Waals surface area contributed by atoms with Crippen LogP contribution < -0.4 is 5.73 Å². The van der Waals surface area contributed by atoms with E-state index in [1.54, 1.807) is 36.5 Å². The lowest BCUT2D eigenvalue weighted by Crippen LogP contribution is -1.97. The number of nitrogens with zero attached hydrogens (tertiary/aromatic N) is 1. The van der Waals surface area contributed by atoms with Crippen molar-refractivity contribution in [3.8, 4) is 22.3 Å². The minimum absolute atomic E-state index is 0.240. The van der Waals surface area contributed by atoms with Gasteiger partial charge in [0, 0.05) is 28.5 Å². The zero-order chi connectivity index (χ0) is 18.3. The summed E-state index contributed by atoms with van der Waals surface area (Å²) < 4.78 is 0. The van der Waals surface area contributed by atoms with Gasteiger partial charge in [-0.3, -0.25) is 0 Å².